The predicted molar refractivity (Wildman–Crippen MR) is 113 cm³/mol. The van der Waals surface area contributed by atoms with E-state index in [0.717, 1.165) is 15.4 Å². The van der Waals surface area contributed by atoms with Crippen LogP contribution in [0.15, 0.2) is 47.4 Å². The maximum Gasteiger partial charge on any atom is 0.262 e. The lowest BCUT2D eigenvalue weighted by molar-refractivity contribution is -0.138. The van der Waals surface area contributed by atoms with Crippen molar-refractivity contribution in [2.75, 3.05) is 6.54 Å². The number of nitrogens with zero attached hydrogens (tertiary/aromatic N) is 1. The number of amides is 1. The fourth-order valence-electron chi connectivity index (χ4n) is 3.98. The van der Waals surface area contributed by atoms with Crippen LogP contribution >= 0.6 is 0 Å². The molecule has 9 heteroatoms. The van der Waals surface area contributed by atoms with E-state index in [-0.39, 0.29) is 23.9 Å². The van der Waals surface area contributed by atoms with E-state index in [2.05, 4.69) is 0 Å². The second kappa shape index (κ2) is 8.94. The molecular weight excluding hydrogens is 423 g/mol. The van der Waals surface area contributed by atoms with E-state index in [9.17, 15) is 17.6 Å². The maximum absolute atomic E-state index is 13.3. The van der Waals surface area contributed by atoms with Crippen LogP contribution in [-0.4, -0.2) is 36.4 Å². The first-order chi connectivity index (χ1) is 14.6. The molecule has 7 nitrogen and oxygen atoms in total. The van der Waals surface area contributed by atoms with Gasteiger partial charge in [0.1, 0.15) is 24.2 Å². The van der Waals surface area contributed by atoms with Gasteiger partial charge < -0.3 is 4.74 Å². The van der Waals surface area contributed by atoms with Crippen LogP contribution < -0.4 is 10.2 Å². The lowest BCUT2D eigenvalue weighted by atomic mass is 9.77. The summed E-state index contributed by atoms with van der Waals surface area (Å²) in [5.41, 5.74) is 2.56. The summed E-state index contributed by atoms with van der Waals surface area (Å²) in [6.07, 6.45) is 1.27. The number of aryl methyl sites for hydroxylation is 1. The molecule has 2 aromatic rings. The van der Waals surface area contributed by atoms with Crippen molar-refractivity contribution < 1.29 is 27.5 Å². The quantitative estimate of drug-likeness (QED) is 0.520. The van der Waals surface area contributed by atoms with E-state index in [4.69, 9.17) is 9.94 Å². The molecule has 0 saturated carbocycles. The number of nitrogens with one attached hydrogen (secondary N) is 1. The lowest BCUT2D eigenvalue weighted by Gasteiger charge is -2.43. The highest BCUT2D eigenvalue weighted by molar-refractivity contribution is 7.89. The van der Waals surface area contributed by atoms with Crippen LogP contribution in [0, 0.1) is 18.2 Å². The fraction of sp³-hybridized carbons (Fsp3) is 0.409. The Bertz CT molecular complexity index is 1050. The van der Waals surface area contributed by atoms with Crippen molar-refractivity contribution in [3.05, 3.63) is 59.4 Å². The average Bonchev–Trinajstić information content (AvgIpc) is 2.72. The van der Waals surface area contributed by atoms with Crippen molar-refractivity contribution in [3.8, 4) is 5.75 Å². The van der Waals surface area contributed by atoms with Crippen LogP contribution in [0.3, 0.4) is 0 Å². The van der Waals surface area contributed by atoms with Gasteiger partial charge in [0.15, 0.2) is 0 Å². The number of hydrogen-bond acceptors (Lipinski definition) is 5. The number of carbonyl (C=O) groups is 1. The lowest BCUT2D eigenvalue weighted by Crippen LogP contribution is -2.58. The van der Waals surface area contributed by atoms with E-state index in [0.29, 0.717) is 18.6 Å². The van der Waals surface area contributed by atoms with Gasteiger partial charge in [0.2, 0.25) is 10.0 Å². The van der Waals surface area contributed by atoms with Gasteiger partial charge in [-0.05, 0) is 72.7 Å². The van der Waals surface area contributed by atoms with E-state index in [1.54, 1.807) is 30.6 Å². The smallest absolute Gasteiger partial charge is 0.262 e. The van der Waals surface area contributed by atoms with Gasteiger partial charge in [0, 0.05) is 6.54 Å². The summed E-state index contributed by atoms with van der Waals surface area (Å²) in [6.45, 7) is 5.81. The van der Waals surface area contributed by atoms with Crippen molar-refractivity contribution in [1.82, 2.24) is 9.79 Å². The zero-order valence-electron chi connectivity index (χ0n) is 17.8. The molecule has 2 N–H and O–H groups in total. The van der Waals surface area contributed by atoms with Gasteiger partial charge in [-0.25, -0.2) is 18.3 Å². The molecular formula is C22H27FN2O5S. The monoisotopic (exact) mass is 450 g/mol. The number of carbonyl (C=O) groups excluding carboxylic acids is 1. The van der Waals surface area contributed by atoms with Gasteiger partial charge in [-0.15, -0.1) is 0 Å². The molecule has 0 spiro atoms. The van der Waals surface area contributed by atoms with Gasteiger partial charge in [0.25, 0.3) is 5.91 Å². The Balaban J connectivity index is 1.79. The summed E-state index contributed by atoms with van der Waals surface area (Å²) in [5.74, 6) is -0.598. The molecule has 3 rings (SSSR count). The molecule has 1 amide bonds. The summed E-state index contributed by atoms with van der Waals surface area (Å²) < 4.78 is 46.6. The summed E-state index contributed by atoms with van der Waals surface area (Å²) in [5, 5.41) is 9.14. The van der Waals surface area contributed by atoms with E-state index in [1.165, 1.54) is 24.3 Å². The van der Waals surface area contributed by atoms with E-state index in [1.807, 2.05) is 13.8 Å². The van der Waals surface area contributed by atoms with Crippen LogP contribution in [0.5, 0.6) is 5.75 Å². The van der Waals surface area contributed by atoms with E-state index < -0.39 is 27.4 Å². The highest BCUT2D eigenvalue weighted by Crippen LogP contribution is 2.38. The number of hydrogen-bond donors (Lipinski definition) is 2. The Morgan fingerprint density at radius 1 is 1.26 bits per heavy atom. The molecule has 1 aliphatic rings. The molecule has 0 radical (unpaired) electrons. The van der Waals surface area contributed by atoms with Gasteiger partial charge in [-0.3, -0.25) is 10.0 Å². The highest BCUT2D eigenvalue weighted by atomic mass is 32.2. The third-order valence-electron chi connectivity index (χ3n) is 5.72. The van der Waals surface area contributed by atoms with Crippen molar-refractivity contribution in [2.24, 2.45) is 5.41 Å². The highest BCUT2D eigenvalue weighted by Gasteiger charge is 2.47. The van der Waals surface area contributed by atoms with Gasteiger partial charge in [-0.2, -0.15) is 4.31 Å². The summed E-state index contributed by atoms with van der Waals surface area (Å²) in [6, 6.07) is 9.36. The maximum atomic E-state index is 13.3. The molecule has 1 atom stereocenters. The van der Waals surface area contributed by atoms with Crippen LogP contribution in [0.25, 0.3) is 0 Å². The number of halogens is 1. The minimum Gasteiger partial charge on any atom is -0.489 e. The molecule has 0 aromatic heterocycles. The predicted octanol–water partition coefficient (Wildman–Crippen LogP) is 3.40. The molecule has 1 fully saturated rings. The van der Waals surface area contributed by atoms with Crippen molar-refractivity contribution in [2.45, 2.75) is 51.2 Å². The zero-order valence-corrected chi connectivity index (χ0v) is 18.6. The SMILES string of the molecule is Cc1cc(F)ccc1COc1ccc(S(=O)(=O)N2CCCC(C)(C)[C@@H]2C(=O)NO)cc1. The van der Waals surface area contributed by atoms with Crippen LogP contribution in [0.4, 0.5) is 4.39 Å². The molecule has 0 aliphatic carbocycles. The third-order valence-corrected chi connectivity index (χ3v) is 7.59. The number of piperidine rings is 1. The third kappa shape index (κ3) is 4.89. The topological polar surface area (TPSA) is 95.9 Å². The number of benzene rings is 2. The minimum absolute atomic E-state index is 0.0336. The Kier molecular flexibility index (Phi) is 6.68. The summed E-state index contributed by atoms with van der Waals surface area (Å²) in [4.78, 5) is 12.3. The van der Waals surface area contributed by atoms with Crippen molar-refractivity contribution in [3.63, 3.8) is 0 Å². The van der Waals surface area contributed by atoms with Crippen LogP contribution in [0.2, 0.25) is 0 Å². The largest absolute Gasteiger partial charge is 0.489 e. The number of rotatable bonds is 6. The number of hydroxylamine groups is 1. The fourth-order valence-corrected chi connectivity index (χ4v) is 5.76. The standard InChI is InChI=1S/C22H27FN2O5S/c1-15-13-17(23)6-5-16(15)14-30-18-7-9-19(10-8-18)31(28,29)25-12-4-11-22(2,3)20(25)21(26)24-27/h5-10,13,20,27H,4,11-12,14H2,1-3H3,(H,24,26)/t20-/m0/s1. The van der Waals surface area contributed by atoms with Crippen molar-refractivity contribution in [1.29, 1.82) is 0 Å². The molecule has 1 saturated heterocycles. The molecule has 0 bridgehead atoms. The summed E-state index contributed by atoms with van der Waals surface area (Å²) >= 11 is 0. The normalized spacial score (nSPS) is 19.1. The Morgan fingerprint density at radius 3 is 2.55 bits per heavy atom. The Hall–Kier alpha value is -2.49. The first-order valence-corrected chi connectivity index (χ1v) is 11.4. The van der Waals surface area contributed by atoms with Gasteiger partial charge >= 0.3 is 0 Å². The molecule has 1 aliphatic heterocycles. The van der Waals surface area contributed by atoms with Crippen molar-refractivity contribution >= 4 is 15.9 Å². The number of sulfonamides is 1. The molecule has 2 aromatic carbocycles. The van der Waals surface area contributed by atoms with Gasteiger partial charge in [-0.1, -0.05) is 19.9 Å². The van der Waals surface area contributed by atoms with Gasteiger partial charge in [0.05, 0.1) is 4.90 Å². The molecule has 168 valence electrons. The zero-order chi connectivity index (χ0) is 22.8. The van der Waals surface area contributed by atoms with E-state index >= 15 is 0 Å². The molecule has 1 heterocycles. The second-order valence-electron chi connectivity index (χ2n) is 8.42. The molecule has 31 heavy (non-hydrogen) atoms. The van der Waals surface area contributed by atoms with Crippen LogP contribution in [-0.2, 0) is 21.4 Å². The minimum atomic E-state index is -3.97. The average molecular weight is 451 g/mol. The Labute approximate surface area is 181 Å². The molecule has 0 unspecified atom stereocenters. The Morgan fingerprint density at radius 2 is 1.94 bits per heavy atom. The first-order valence-electron chi connectivity index (χ1n) is 10.00. The number of ether oxygens (including phenoxy) is 1. The van der Waals surface area contributed by atoms with Crippen LogP contribution in [0.1, 0.15) is 37.8 Å². The summed E-state index contributed by atoms with van der Waals surface area (Å²) in [7, 11) is -3.97. The second-order valence-corrected chi connectivity index (χ2v) is 10.3. The first kappa shape index (κ1) is 23.2.